The number of aliphatic hydroxyl groups is 1. The van der Waals surface area contributed by atoms with Crippen LogP contribution >= 0.6 is 15.9 Å². The number of aromatic nitrogens is 1. The van der Waals surface area contributed by atoms with Gasteiger partial charge in [0.1, 0.15) is 5.41 Å². The van der Waals surface area contributed by atoms with Crippen molar-refractivity contribution in [2.75, 3.05) is 0 Å². The number of aliphatic hydroxyl groups excluding tert-OH is 1. The highest BCUT2D eigenvalue weighted by atomic mass is 79.9. The van der Waals surface area contributed by atoms with Crippen LogP contribution in [0.15, 0.2) is 22.8 Å². The van der Waals surface area contributed by atoms with Gasteiger partial charge in [-0.15, -0.1) is 0 Å². The van der Waals surface area contributed by atoms with Gasteiger partial charge in [-0.2, -0.15) is 5.26 Å². The lowest BCUT2D eigenvalue weighted by Gasteiger charge is -2.38. The van der Waals surface area contributed by atoms with Crippen molar-refractivity contribution in [1.82, 2.24) is 4.98 Å². The van der Waals surface area contributed by atoms with E-state index in [2.05, 4.69) is 27.0 Å². The zero-order valence-corrected chi connectivity index (χ0v) is 9.03. The van der Waals surface area contributed by atoms with Gasteiger partial charge in [0.2, 0.25) is 0 Å². The largest absolute Gasteiger partial charge is 0.393 e. The highest BCUT2D eigenvalue weighted by Gasteiger charge is 2.46. The van der Waals surface area contributed by atoms with Gasteiger partial charge in [-0.3, -0.25) is 4.98 Å². The zero-order chi connectivity index (χ0) is 10.2. The van der Waals surface area contributed by atoms with Gasteiger partial charge < -0.3 is 5.11 Å². The first kappa shape index (κ1) is 9.63. The number of pyridine rings is 1. The number of hydrogen-bond donors (Lipinski definition) is 1. The first-order valence-corrected chi connectivity index (χ1v) is 5.17. The fourth-order valence-corrected chi connectivity index (χ4v) is 2.00. The van der Waals surface area contributed by atoms with E-state index in [-0.39, 0.29) is 6.10 Å². The van der Waals surface area contributed by atoms with Crippen molar-refractivity contribution in [1.29, 1.82) is 5.26 Å². The maximum Gasteiger partial charge on any atom is 0.104 e. The fraction of sp³-hybridized carbons (Fsp3) is 0.400. The third kappa shape index (κ3) is 1.43. The van der Waals surface area contributed by atoms with Crippen LogP contribution in [0.25, 0.3) is 0 Å². The quantitative estimate of drug-likeness (QED) is 0.829. The smallest absolute Gasteiger partial charge is 0.104 e. The number of nitrogens with zero attached hydrogens (tertiary/aromatic N) is 2. The summed E-state index contributed by atoms with van der Waals surface area (Å²) in [6.45, 7) is 0. The topological polar surface area (TPSA) is 56.9 Å². The number of hydrogen-bond acceptors (Lipinski definition) is 3. The Hall–Kier alpha value is -0.920. The van der Waals surface area contributed by atoms with E-state index >= 15 is 0 Å². The first-order chi connectivity index (χ1) is 6.66. The summed E-state index contributed by atoms with van der Waals surface area (Å²) in [7, 11) is 0. The van der Waals surface area contributed by atoms with Crippen molar-refractivity contribution in [3.63, 3.8) is 0 Å². The summed E-state index contributed by atoms with van der Waals surface area (Å²) < 4.78 is 0.897. The summed E-state index contributed by atoms with van der Waals surface area (Å²) in [6.07, 6.45) is 2.33. The lowest BCUT2D eigenvalue weighted by Crippen LogP contribution is -2.44. The molecule has 4 heteroatoms. The molecule has 1 aromatic heterocycles. The van der Waals surface area contributed by atoms with Gasteiger partial charge in [0, 0.05) is 10.7 Å². The van der Waals surface area contributed by atoms with E-state index in [4.69, 9.17) is 5.26 Å². The van der Waals surface area contributed by atoms with Crippen molar-refractivity contribution < 1.29 is 5.11 Å². The number of halogens is 1. The minimum Gasteiger partial charge on any atom is -0.393 e. The van der Waals surface area contributed by atoms with Crippen molar-refractivity contribution in [2.45, 2.75) is 24.4 Å². The maximum atomic E-state index is 9.24. The molecule has 0 bridgehead atoms. The maximum absolute atomic E-state index is 9.24. The summed E-state index contributed by atoms with van der Waals surface area (Å²) in [4.78, 5) is 4.20. The molecule has 1 N–H and O–H groups in total. The number of rotatable bonds is 1. The van der Waals surface area contributed by atoms with Crippen molar-refractivity contribution in [3.05, 3.63) is 28.5 Å². The van der Waals surface area contributed by atoms with Crippen molar-refractivity contribution >= 4 is 15.9 Å². The van der Waals surface area contributed by atoms with E-state index in [1.54, 1.807) is 6.20 Å². The second kappa shape index (κ2) is 3.34. The zero-order valence-electron chi connectivity index (χ0n) is 7.44. The molecule has 72 valence electrons. The molecule has 0 spiro atoms. The molecular weight excluding hydrogens is 244 g/mol. The number of nitriles is 1. The summed E-state index contributed by atoms with van der Waals surface area (Å²) >= 11 is 3.29. The molecule has 1 fully saturated rings. The minimum atomic E-state index is -0.555. The molecule has 0 unspecified atom stereocenters. The van der Waals surface area contributed by atoms with Gasteiger partial charge in [-0.05, 0) is 40.9 Å². The molecule has 0 amide bonds. The minimum absolute atomic E-state index is 0.347. The van der Waals surface area contributed by atoms with E-state index in [0.717, 1.165) is 10.2 Å². The van der Waals surface area contributed by atoms with Crippen LogP contribution in [0.5, 0.6) is 0 Å². The average molecular weight is 253 g/mol. The molecule has 0 radical (unpaired) electrons. The SMILES string of the molecule is N#CC1(c2ccc(Br)cn2)CC(O)C1. The van der Waals surface area contributed by atoms with Crippen molar-refractivity contribution in [2.24, 2.45) is 0 Å². The molecule has 1 heterocycles. The molecule has 0 atom stereocenters. The molecule has 14 heavy (non-hydrogen) atoms. The lowest BCUT2D eigenvalue weighted by atomic mass is 9.65. The standard InChI is InChI=1S/C10H9BrN2O/c11-7-1-2-9(13-5-7)10(6-12)3-8(14)4-10/h1-2,5,8,14H,3-4H2. The molecule has 1 aliphatic carbocycles. The molecule has 1 aromatic rings. The summed E-state index contributed by atoms with van der Waals surface area (Å²) in [6, 6.07) is 5.94. The Morgan fingerprint density at radius 2 is 2.29 bits per heavy atom. The van der Waals surface area contributed by atoms with Crippen LogP contribution in [0.2, 0.25) is 0 Å². The predicted molar refractivity (Wildman–Crippen MR) is 54.5 cm³/mol. The molecule has 0 saturated heterocycles. The lowest BCUT2D eigenvalue weighted by molar-refractivity contribution is 0.0429. The monoisotopic (exact) mass is 252 g/mol. The third-order valence-corrected chi connectivity index (χ3v) is 3.07. The summed E-state index contributed by atoms with van der Waals surface area (Å²) in [5, 5.41) is 18.3. The summed E-state index contributed by atoms with van der Waals surface area (Å²) in [5.74, 6) is 0. The molecule has 2 rings (SSSR count). The second-order valence-electron chi connectivity index (χ2n) is 3.62. The molecule has 0 aromatic carbocycles. The van der Waals surface area contributed by atoms with Crippen LogP contribution in [0, 0.1) is 11.3 Å². The van der Waals surface area contributed by atoms with Crippen LogP contribution in [0.4, 0.5) is 0 Å². The van der Waals surface area contributed by atoms with Crippen LogP contribution in [-0.4, -0.2) is 16.2 Å². The average Bonchev–Trinajstić information content (AvgIpc) is 2.14. The molecule has 0 aliphatic heterocycles. The molecule has 3 nitrogen and oxygen atoms in total. The highest BCUT2D eigenvalue weighted by Crippen LogP contribution is 2.42. The molecule has 1 saturated carbocycles. The third-order valence-electron chi connectivity index (χ3n) is 2.60. The van der Waals surface area contributed by atoms with Crippen LogP contribution in [0.1, 0.15) is 18.5 Å². The van der Waals surface area contributed by atoms with E-state index in [1.807, 2.05) is 12.1 Å². The van der Waals surface area contributed by atoms with Gasteiger partial charge in [-0.1, -0.05) is 0 Å². The Morgan fingerprint density at radius 1 is 1.57 bits per heavy atom. The summed E-state index contributed by atoms with van der Waals surface area (Å²) in [5.41, 5.74) is 0.202. The van der Waals surface area contributed by atoms with Gasteiger partial charge >= 0.3 is 0 Å². The molecular formula is C10H9BrN2O. The first-order valence-electron chi connectivity index (χ1n) is 4.38. The Morgan fingerprint density at radius 3 is 2.71 bits per heavy atom. The normalized spacial score (nSPS) is 30.5. The van der Waals surface area contributed by atoms with Crippen LogP contribution in [0.3, 0.4) is 0 Å². The Bertz CT molecular complexity index is 376. The van der Waals surface area contributed by atoms with Crippen LogP contribution < -0.4 is 0 Å². The Kier molecular flexibility index (Phi) is 2.30. The Balaban J connectivity index is 2.31. The second-order valence-corrected chi connectivity index (χ2v) is 4.53. The van der Waals surface area contributed by atoms with Crippen molar-refractivity contribution in [3.8, 4) is 6.07 Å². The van der Waals surface area contributed by atoms with Gasteiger partial charge in [0.15, 0.2) is 0 Å². The van der Waals surface area contributed by atoms with E-state index in [9.17, 15) is 5.11 Å². The van der Waals surface area contributed by atoms with E-state index < -0.39 is 5.41 Å². The van der Waals surface area contributed by atoms with Crippen LogP contribution in [-0.2, 0) is 5.41 Å². The highest BCUT2D eigenvalue weighted by molar-refractivity contribution is 9.10. The fourth-order valence-electron chi connectivity index (χ4n) is 1.76. The van der Waals surface area contributed by atoms with E-state index in [1.165, 1.54) is 0 Å². The molecule has 1 aliphatic rings. The van der Waals surface area contributed by atoms with Gasteiger partial charge in [-0.25, -0.2) is 0 Å². The Labute approximate surface area is 90.5 Å². The van der Waals surface area contributed by atoms with E-state index in [0.29, 0.717) is 12.8 Å². The predicted octanol–water partition coefficient (Wildman–Crippen LogP) is 1.76. The van der Waals surface area contributed by atoms with Gasteiger partial charge in [0.05, 0.1) is 17.9 Å². The van der Waals surface area contributed by atoms with Gasteiger partial charge in [0.25, 0.3) is 0 Å².